The fourth-order valence-corrected chi connectivity index (χ4v) is 6.15. The lowest BCUT2D eigenvalue weighted by atomic mass is 9.95. The minimum atomic E-state index is 0.322. The van der Waals surface area contributed by atoms with Gasteiger partial charge in [-0.1, -0.05) is 219 Å². The van der Waals surface area contributed by atoms with Gasteiger partial charge in [0.1, 0.15) is 0 Å². The van der Waals surface area contributed by atoms with Crippen LogP contribution in [0.25, 0.3) is 0 Å². The number of hydrogen-bond acceptors (Lipinski definition) is 1. The monoisotopic (exact) mass is 546 g/mol. The van der Waals surface area contributed by atoms with Crippen LogP contribution in [-0.2, 0) is 0 Å². The van der Waals surface area contributed by atoms with E-state index >= 15 is 0 Å². The number of rotatable bonds is 34. The Labute approximate surface area is 249 Å². The van der Waals surface area contributed by atoms with Crippen LogP contribution < -0.4 is 0 Å². The average Bonchev–Trinajstić information content (AvgIpc) is 2.95. The highest BCUT2D eigenvalue weighted by molar-refractivity contribution is 4.82. The lowest BCUT2D eigenvalue weighted by Gasteiger charge is -2.09. The van der Waals surface area contributed by atoms with E-state index in [1.54, 1.807) is 0 Å². The van der Waals surface area contributed by atoms with Gasteiger partial charge in [0.2, 0.25) is 0 Å². The first-order chi connectivity index (χ1) is 19.3. The number of hydrogen-bond donors (Lipinski definition) is 0. The van der Waals surface area contributed by atoms with Crippen molar-refractivity contribution in [2.24, 2.45) is 5.92 Å². The standard InChI is InChI=1S/C38H75N/c1-3-5-7-9-11-13-15-17-19-21-23-25-27-29-31-33-35-38(37-39)36-34-32-30-28-26-24-22-20-18-16-14-12-10-8-6-4-2/h38H,3-36H2,1-2H3. The van der Waals surface area contributed by atoms with Crippen molar-refractivity contribution in [1.82, 2.24) is 0 Å². The van der Waals surface area contributed by atoms with Gasteiger partial charge in [0, 0.05) is 5.92 Å². The summed E-state index contributed by atoms with van der Waals surface area (Å²) in [5.41, 5.74) is 0. The molecule has 0 heterocycles. The molecule has 0 N–H and O–H groups in total. The lowest BCUT2D eigenvalue weighted by molar-refractivity contribution is 0.467. The molecule has 0 rings (SSSR count). The van der Waals surface area contributed by atoms with Crippen LogP contribution >= 0.6 is 0 Å². The first-order valence-electron chi connectivity index (χ1n) is 18.7. The van der Waals surface area contributed by atoms with Crippen LogP contribution in [0.5, 0.6) is 0 Å². The molecule has 0 aromatic rings. The molecule has 0 aromatic carbocycles. The summed E-state index contributed by atoms with van der Waals surface area (Å²) in [6.07, 6.45) is 47.8. The average molecular weight is 546 g/mol. The molecule has 0 saturated heterocycles. The van der Waals surface area contributed by atoms with Gasteiger partial charge in [-0.15, -0.1) is 0 Å². The van der Waals surface area contributed by atoms with Crippen molar-refractivity contribution in [2.75, 3.05) is 0 Å². The van der Waals surface area contributed by atoms with Gasteiger partial charge >= 0.3 is 0 Å². The van der Waals surface area contributed by atoms with Gasteiger partial charge in [0.05, 0.1) is 6.07 Å². The SMILES string of the molecule is CCCCCCCCCCCCCCCCCCC(C#N)CCCCCCCCCCCCCCCCCC. The minimum absolute atomic E-state index is 0.322. The molecule has 0 amide bonds. The molecule has 0 bridgehead atoms. The second-order valence-corrected chi connectivity index (χ2v) is 13.0. The van der Waals surface area contributed by atoms with Crippen LogP contribution in [0.2, 0.25) is 0 Å². The van der Waals surface area contributed by atoms with E-state index in [4.69, 9.17) is 0 Å². The molecule has 39 heavy (non-hydrogen) atoms. The summed E-state index contributed by atoms with van der Waals surface area (Å²) in [6.45, 7) is 4.60. The molecule has 0 radical (unpaired) electrons. The molecule has 0 aliphatic carbocycles. The van der Waals surface area contributed by atoms with Crippen molar-refractivity contribution in [3.63, 3.8) is 0 Å². The third kappa shape index (κ3) is 33.6. The minimum Gasteiger partial charge on any atom is -0.198 e. The molecular weight excluding hydrogens is 470 g/mol. The van der Waals surface area contributed by atoms with Crippen molar-refractivity contribution in [3.8, 4) is 6.07 Å². The number of unbranched alkanes of at least 4 members (excludes halogenated alkanes) is 30. The van der Waals surface area contributed by atoms with Crippen molar-refractivity contribution in [1.29, 1.82) is 5.26 Å². The van der Waals surface area contributed by atoms with Crippen molar-refractivity contribution in [2.45, 2.75) is 232 Å². The van der Waals surface area contributed by atoms with E-state index in [2.05, 4.69) is 19.9 Å². The van der Waals surface area contributed by atoms with Crippen LogP contribution in [0.4, 0.5) is 0 Å². The molecule has 232 valence electrons. The summed E-state index contributed by atoms with van der Waals surface area (Å²) in [4.78, 5) is 0. The highest BCUT2D eigenvalue weighted by Gasteiger charge is 2.07. The first kappa shape index (κ1) is 38.5. The van der Waals surface area contributed by atoms with E-state index < -0.39 is 0 Å². The molecule has 1 heteroatoms. The Kier molecular flexibility index (Phi) is 35.1. The fourth-order valence-electron chi connectivity index (χ4n) is 6.15. The zero-order valence-corrected chi connectivity index (χ0v) is 27.6. The van der Waals surface area contributed by atoms with E-state index in [1.807, 2.05) is 0 Å². The largest absolute Gasteiger partial charge is 0.198 e. The molecule has 0 fully saturated rings. The Morgan fingerprint density at radius 1 is 0.308 bits per heavy atom. The summed E-state index contributed by atoms with van der Waals surface area (Å²) in [5.74, 6) is 0.322. The Morgan fingerprint density at radius 3 is 0.667 bits per heavy atom. The summed E-state index contributed by atoms with van der Waals surface area (Å²) < 4.78 is 0. The summed E-state index contributed by atoms with van der Waals surface area (Å²) >= 11 is 0. The zero-order chi connectivity index (χ0) is 28.3. The first-order valence-corrected chi connectivity index (χ1v) is 18.7. The van der Waals surface area contributed by atoms with Crippen molar-refractivity contribution in [3.05, 3.63) is 0 Å². The number of nitrogens with zero attached hydrogens (tertiary/aromatic N) is 1. The van der Waals surface area contributed by atoms with Crippen molar-refractivity contribution < 1.29 is 0 Å². The third-order valence-electron chi connectivity index (χ3n) is 8.99. The van der Waals surface area contributed by atoms with Gasteiger partial charge in [0.15, 0.2) is 0 Å². The fraction of sp³-hybridized carbons (Fsp3) is 0.974. The van der Waals surface area contributed by atoms with Crippen LogP contribution in [0.3, 0.4) is 0 Å². The summed E-state index contributed by atoms with van der Waals surface area (Å²) in [5, 5.41) is 9.53. The zero-order valence-electron chi connectivity index (χ0n) is 27.6. The highest BCUT2D eigenvalue weighted by Crippen LogP contribution is 2.20. The van der Waals surface area contributed by atoms with E-state index in [9.17, 15) is 5.26 Å². The lowest BCUT2D eigenvalue weighted by Crippen LogP contribution is -1.97. The van der Waals surface area contributed by atoms with Gasteiger partial charge in [-0.2, -0.15) is 5.26 Å². The molecule has 0 atom stereocenters. The third-order valence-corrected chi connectivity index (χ3v) is 8.99. The van der Waals surface area contributed by atoms with Gasteiger partial charge in [-0.3, -0.25) is 0 Å². The van der Waals surface area contributed by atoms with Gasteiger partial charge in [-0.25, -0.2) is 0 Å². The molecule has 0 unspecified atom stereocenters. The molecular formula is C38H75N. The van der Waals surface area contributed by atoms with Crippen LogP contribution in [0.15, 0.2) is 0 Å². The Hall–Kier alpha value is -0.510. The molecule has 0 aliphatic heterocycles. The smallest absolute Gasteiger partial charge is 0.0655 e. The molecule has 0 aromatic heterocycles. The maximum absolute atomic E-state index is 9.53. The second kappa shape index (κ2) is 35.5. The molecule has 0 saturated carbocycles. The van der Waals surface area contributed by atoms with E-state index in [-0.39, 0.29) is 0 Å². The van der Waals surface area contributed by atoms with Crippen LogP contribution in [0.1, 0.15) is 232 Å². The van der Waals surface area contributed by atoms with Crippen LogP contribution in [-0.4, -0.2) is 0 Å². The topological polar surface area (TPSA) is 23.8 Å². The van der Waals surface area contributed by atoms with Crippen molar-refractivity contribution >= 4 is 0 Å². The van der Waals surface area contributed by atoms with E-state index in [0.29, 0.717) is 5.92 Å². The Balaban J connectivity index is 3.25. The van der Waals surface area contributed by atoms with E-state index in [0.717, 1.165) is 12.8 Å². The molecule has 1 nitrogen and oxygen atoms in total. The second-order valence-electron chi connectivity index (χ2n) is 13.0. The maximum Gasteiger partial charge on any atom is 0.0655 e. The maximum atomic E-state index is 9.53. The van der Waals surface area contributed by atoms with Gasteiger partial charge < -0.3 is 0 Å². The van der Waals surface area contributed by atoms with E-state index in [1.165, 1.54) is 205 Å². The molecule has 0 spiro atoms. The predicted molar refractivity (Wildman–Crippen MR) is 177 cm³/mol. The summed E-state index contributed by atoms with van der Waals surface area (Å²) in [6, 6.07) is 2.61. The normalized spacial score (nSPS) is 11.4. The molecule has 0 aliphatic rings. The summed E-state index contributed by atoms with van der Waals surface area (Å²) in [7, 11) is 0. The highest BCUT2D eigenvalue weighted by atomic mass is 14.3. The number of nitriles is 1. The van der Waals surface area contributed by atoms with Crippen LogP contribution in [0, 0.1) is 17.2 Å². The quantitative estimate of drug-likeness (QED) is 0.0737. The van der Waals surface area contributed by atoms with Gasteiger partial charge in [0.25, 0.3) is 0 Å². The van der Waals surface area contributed by atoms with Gasteiger partial charge in [-0.05, 0) is 12.8 Å². The Morgan fingerprint density at radius 2 is 0.487 bits per heavy atom. The predicted octanol–water partition coefficient (Wildman–Crippen LogP) is 14.4. The Bertz CT molecular complexity index is 428.